The molecule has 2 aromatic heterocycles. The molecule has 0 bridgehead atoms. The molecule has 0 spiro atoms. The van der Waals surface area contributed by atoms with Gasteiger partial charge < -0.3 is 10.1 Å². The first-order valence-corrected chi connectivity index (χ1v) is 11.0. The Labute approximate surface area is 201 Å². The van der Waals surface area contributed by atoms with Crippen molar-refractivity contribution in [2.45, 2.75) is 6.18 Å². The Morgan fingerprint density at radius 2 is 1.69 bits per heavy atom. The number of hydrogen-bond donors (Lipinski definition) is 2. The highest BCUT2D eigenvalue weighted by atomic mass is 35.5. The molecule has 0 saturated heterocycles. The minimum absolute atomic E-state index is 0.0364. The van der Waals surface area contributed by atoms with Crippen LogP contribution in [0.25, 0.3) is 39.4 Å². The summed E-state index contributed by atoms with van der Waals surface area (Å²) in [5.41, 5.74) is 3.93. The molecular formula is C27H15ClF3N3O. The van der Waals surface area contributed by atoms with Gasteiger partial charge in [-0.05, 0) is 42.5 Å². The van der Waals surface area contributed by atoms with E-state index >= 15 is 0 Å². The van der Waals surface area contributed by atoms with Gasteiger partial charge in [0.1, 0.15) is 0 Å². The molecule has 3 heterocycles. The summed E-state index contributed by atoms with van der Waals surface area (Å²) in [4.78, 5) is 12.4. The Hall–Kier alpha value is -4.10. The zero-order valence-corrected chi connectivity index (χ0v) is 18.6. The van der Waals surface area contributed by atoms with Crippen LogP contribution in [0.1, 0.15) is 11.1 Å². The van der Waals surface area contributed by atoms with E-state index in [4.69, 9.17) is 21.6 Å². The molecule has 6 rings (SSSR count). The second kappa shape index (κ2) is 7.71. The number of hydrogen-bond acceptors (Lipinski definition) is 3. The molecule has 172 valence electrons. The number of nitrogens with one attached hydrogen (secondary N) is 1. The van der Waals surface area contributed by atoms with Crippen molar-refractivity contribution in [3.05, 3.63) is 99.7 Å². The van der Waals surface area contributed by atoms with Crippen molar-refractivity contribution in [3.8, 4) is 28.3 Å². The first-order chi connectivity index (χ1) is 16.8. The van der Waals surface area contributed by atoms with Crippen LogP contribution in [-0.4, -0.2) is 15.1 Å². The lowest BCUT2D eigenvalue weighted by Crippen LogP contribution is -2.19. The van der Waals surface area contributed by atoms with E-state index in [1.54, 1.807) is 24.3 Å². The number of nitrogens with zero attached hydrogens (tertiary/aromatic N) is 2. The van der Waals surface area contributed by atoms with Crippen molar-refractivity contribution < 1.29 is 18.3 Å². The van der Waals surface area contributed by atoms with Gasteiger partial charge in [-0.3, -0.25) is 0 Å². The number of halogens is 4. The van der Waals surface area contributed by atoms with Crippen molar-refractivity contribution in [2.75, 3.05) is 0 Å². The number of pyridine rings is 1. The Bertz CT molecular complexity index is 1760. The minimum atomic E-state index is -4.43. The largest absolute Gasteiger partial charge is 0.494 e. The quantitative estimate of drug-likeness (QED) is 0.297. The second-order valence-electron chi connectivity index (χ2n) is 8.22. The summed E-state index contributed by atoms with van der Waals surface area (Å²) in [7, 11) is 0. The van der Waals surface area contributed by atoms with Crippen LogP contribution >= 0.6 is 11.6 Å². The average molecular weight is 490 g/mol. The first-order valence-electron chi connectivity index (χ1n) is 10.7. The Morgan fingerprint density at radius 1 is 0.914 bits per heavy atom. The van der Waals surface area contributed by atoms with E-state index in [9.17, 15) is 18.3 Å². The van der Waals surface area contributed by atoms with E-state index in [1.165, 1.54) is 12.1 Å². The van der Waals surface area contributed by atoms with Gasteiger partial charge in [0.25, 0.3) is 0 Å². The van der Waals surface area contributed by atoms with Crippen LogP contribution in [0.4, 0.5) is 18.9 Å². The SMILES string of the molecule is Oc1[nH]c2cc(Cl)ccc2c1/C=c1/cc2c(c(-c3ccc(C(F)(F)F)cc3)n1)=Nc1ccccc1-2. The predicted octanol–water partition coefficient (Wildman–Crippen LogP) is 6.37. The van der Waals surface area contributed by atoms with Crippen LogP contribution in [0.15, 0.2) is 77.8 Å². The molecule has 4 nitrogen and oxygen atoms in total. The van der Waals surface area contributed by atoms with Gasteiger partial charge in [0.2, 0.25) is 0 Å². The van der Waals surface area contributed by atoms with Gasteiger partial charge in [0.15, 0.2) is 5.88 Å². The summed E-state index contributed by atoms with van der Waals surface area (Å²) in [5, 5.41) is 13.0. The molecule has 0 aliphatic carbocycles. The smallest absolute Gasteiger partial charge is 0.416 e. The average Bonchev–Trinajstić information content (AvgIpc) is 3.35. The van der Waals surface area contributed by atoms with E-state index in [0.29, 0.717) is 38.1 Å². The molecule has 2 N–H and O–H groups in total. The summed E-state index contributed by atoms with van der Waals surface area (Å²) in [6.45, 7) is 0. The number of H-pyrrole nitrogens is 1. The minimum Gasteiger partial charge on any atom is -0.494 e. The fraction of sp³-hybridized carbons (Fsp3) is 0.0370. The lowest BCUT2D eigenvalue weighted by atomic mass is 10.0. The van der Waals surface area contributed by atoms with Gasteiger partial charge in [0.05, 0.1) is 33.2 Å². The van der Waals surface area contributed by atoms with Crippen molar-refractivity contribution in [1.29, 1.82) is 0 Å². The van der Waals surface area contributed by atoms with Gasteiger partial charge in [-0.25, -0.2) is 9.98 Å². The molecule has 0 amide bonds. The standard InChI is InChI=1S/C27H15ClF3N3O/c28-16-9-10-19-21(26(35)34-23(19)11-16)13-17-12-20-18-3-1-2-4-22(18)33-25(20)24(32-17)14-5-7-15(8-6-14)27(29,30)31/h1-13,34-35H/b17-13-. The van der Waals surface area contributed by atoms with Gasteiger partial charge in [0, 0.05) is 32.7 Å². The van der Waals surface area contributed by atoms with Crippen LogP contribution in [0.3, 0.4) is 0 Å². The maximum atomic E-state index is 13.1. The van der Waals surface area contributed by atoms with Crippen molar-refractivity contribution in [1.82, 2.24) is 9.97 Å². The van der Waals surface area contributed by atoms with E-state index < -0.39 is 11.7 Å². The summed E-state index contributed by atoms with van der Waals surface area (Å²) in [6.07, 6.45) is -2.70. The summed E-state index contributed by atoms with van der Waals surface area (Å²) in [5.74, 6) is -0.0364. The van der Waals surface area contributed by atoms with Crippen molar-refractivity contribution in [3.63, 3.8) is 0 Å². The van der Waals surface area contributed by atoms with Gasteiger partial charge in [-0.2, -0.15) is 13.2 Å². The molecule has 3 aromatic carbocycles. The zero-order valence-electron chi connectivity index (χ0n) is 17.9. The number of aromatic amines is 1. The molecular weight excluding hydrogens is 475 g/mol. The summed E-state index contributed by atoms with van der Waals surface area (Å²) in [6, 6.07) is 19.6. The molecule has 0 unspecified atom stereocenters. The van der Waals surface area contributed by atoms with Crippen molar-refractivity contribution >= 4 is 34.3 Å². The normalized spacial score (nSPS) is 13.1. The Balaban J connectivity index is 1.60. The lowest BCUT2D eigenvalue weighted by molar-refractivity contribution is -0.137. The number of fused-ring (bicyclic) bond motifs is 4. The van der Waals surface area contributed by atoms with Crippen LogP contribution in [0, 0.1) is 0 Å². The molecule has 0 fully saturated rings. The third-order valence-corrected chi connectivity index (χ3v) is 6.23. The topological polar surface area (TPSA) is 61.3 Å². The molecule has 5 aromatic rings. The predicted molar refractivity (Wildman–Crippen MR) is 129 cm³/mol. The van der Waals surface area contributed by atoms with Gasteiger partial charge in [-0.15, -0.1) is 0 Å². The van der Waals surface area contributed by atoms with E-state index in [0.717, 1.165) is 34.3 Å². The number of rotatable bonds is 2. The summed E-state index contributed by atoms with van der Waals surface area (Å²) < 4.78 is 39.3. The van der Waals surface area contributed by atoms with Gasteiger partial charge >= 0.3 is 6.18 Å². The monoisotopic (exact) mass is 489 g/mol. The molecule has 0 atom stereocenters. The maximum Gasteiger partial charge on any atom is 0.416 e. The number of benzene rings is 3. The molecule has 0 saturated carbocycles. The molecule has 1 aliphatic heterocycles. The zero-order chi connectivity index (χ0) is 24.3. The first kappa shape index (κ1) is 21.4. The highest BCUT2D eigenvalue weighted by molar-refractivity contribution is 6.31. The molecule has 1 aliphatic rings. The maximum absolute atomic E-state index is 13.1. The molecule has 8 heteroatoms. The van der Waals surface area contributed by atoms with Crippen LogP contribution in [-0.2, 0) is 6.18 Å². The molecule has 35 heavy (non-hydrogen) atoms. The number of para-hydroxylation sites is 1. The fourth-order valence-electron chi connectivity index (χ4n) is 4.36. The van der Waals surface area contributed by atoms with Crippen LogP contribution in [0.2, 0.25) is 5.02 Å². The third-order valence-electron chi connectivity index (χ3n) is 6.00. The number of aromatic nitrogens is 2. The highest BCUT2D eigenvalue weighted by Gasteiger charge is 2.30. The van der Waals surface area contributed by atoms with Crippen LogP contribution < -0.4 is 10.7 Å². The van der Waals surface area contributed by atoms with E-state index in [-0.39, 0.29) is 5.88 Å². The van der Waals surface area contributed by atoms with Crippen molar-refractivity contribution in [2.24, 2.45) is 4.99 Å². The fourth-order valence-corrected chi connectivity index (χ4v) is 4.53. The summed E-state index contributed by atoms with van der Waals surface area (Å²) >= 11 is 6.08. The lowest BCUT2D eigenvalue weighted by Gasteiger charge is -2.08. The number of alkyl halides is 3. The third kappa shape index (κ3) is 3.65. The van der Waals surface area contributed by atoms with Crippen LogP contribution in [0.5, 0.6) is 5.88 Å². The second-order valence-corrected chi connectivity index (χ2v) is 8.65. The molecule has 0 radical (unpaired) electrons. The highest BCUT2D eigenvalue weighted by Crippen LogP contribution is 2.35. The number of aromatic hydroxyl groups is 1. The Kier molecular flexibility index (Phi) is 4.72. The van der Waals surface area contributed by atoms with E-state index in [1.807, 2.05) is 30.3 Å². The van der Waals surface area contributed by atoms with Gasteiger partial charge in [-0.1, -0.05) is 48.0 Å². The van der Waals surface area contributed by atoms with E-state index in [2.05, 4.69) is 4.98 Å². The Morgan fingerprint density at radius 3 is 2.46 bits per heavy atom.